The van der Waals surface area contributed by atoms with Gasteiger partial charge in [0.1, 0.15) is 5.56 Å². The Morgan fingerprint density at radius 3 is 2.40 bits per heavy atom. The number of rotatable bonds is 5. The van der Waals surface area contributed by atoms with Crippen LogP contribution < -0.4 is 0 Å². The summed E-state index contributed by atoms with van der Waals surface area (Å²) in [6.07, 6.45) is -2.97. The summed E-state index contributed by atoms with van der Waals surface area (Å²) in [6.45, 7) is 0.975. The third-order valence-electron chi connectivity index (χ3n) is 5.53. The van der Waals surface area contributed by atoms with Crippen molar-refractivity contribution in [1.82, 2.24) is 9.78 Å². The lowest BCUT2D eigenvalue weighted by molar-refractivity contribution is -0.138. The van der Waals surface area contributed by atoms with Crippen molar-refractivity contribution in [1.29, 1.82) is 0 Å². The lowest BCUT2D eigenvalue weighted by Crippen LogP contribution is -2.20. The van der Waals surface area contributed by atoms with Gasteiger partial charge >= 0.3 is 12.1 Å². The number of esters is 1. The molecular formula is C16H17F5N2O2. The summed E-state index contributed by atoms with van der Waals surface area (Å²) in [6, 6.07) is 0. The van der Waals surface area contributed by atoms with Crippen molar-refractivity contribution < 1.29 is 31.5 Å². The summed E-state index contributed by atoms with van der Waals surface area (Å²) in [5.74, 6) is -5.51. The molecule has 4 nitrogen and oxygen atoms in total. The van der Waals surface area contributed by atoms with E-state index in [0.29, 0.717) is 25.7 Å². The first-order valence-electron chi connectivity index (χ1n) is 8.36. The van der Waals surface area contributed by atoms with Crippen LogP contribution in [0.5, 0.6) is 0 Å². The zero-order valence-corrected chi connectivity index (χ0v) is 13.5. The van der Waals surface area contributed by atoms with Gasteiger partial charge in [-0.2, -0.15) is 18.3 Å². The maximum absolute atomic E-state index is 13.9. The summed E-state index contributed by atoms with van der Waals surface area (Å²) >= 11 is 0. The summed E-state index contributed by atoms with van der Waals surface area (Å²) in [5.41, 5.74) is -3.18. The van der Waals surface area contributed by atoms with Crippen LogP contribution in [0.15, 0.2) is 0 Å². The van der Waals surface area contributed by atoms with E-state index in [2.05, 4.69) is 5.10 Å². The Kier molecular flexibility index (Phi) is 3.32. The third kappa shape index (κ3) is 2.38. The Morgan fingerprint density at radius 1 is 1.32 bits per heavy atom. The number of carbonyl (C=O) groups is 1. The topological polar surface area (TPSA) is 44.1 Å². The fourth-order valence-electron chi connectivity index (χ4n) is 3.81. The molecule has 1 atom stereocenters. The molecule has 25 heavy (non-hydrogen) atoms. The van der Waals surface area contributed by atoms with E-state index in [4.69, 9.17) is 4.74 Å². The second kappa shape index (κ2) is 4.94. The summed E-state index contributed by atoms with van der Waals surface area (Å²) < 4.78 is 74.2. The van der Waals surface area contributed by atoms with Crippen molar-refractivity contribution in [2.24, 2.45) is 11.3 Å². The number of ether oxygens (including phenoxy) is 1. The van der Waals surface area contributed by atoms with Crippen molar-refractivity contribution in [3.63, 3.8) is 0 Å². The largest absolute Gasteiger partial charge is 0.461 e. The van der Waals surface area contributed by atoms with Gasteiger partial charge in [-0.3, -0.25) is 4.68 Å². The number of hydrogen-bond acceptors (Lipinski definition) is 3. The first-order chi connectivity index (χ1) is 11.6. The van der Waals surface area contributed by atoms with Gasteiger partial charge < -0.3 is 4.74 Å². The van der Waals surface area contributed by atoms with Crippen LogP contribution in [0, 0.1) is 11.3 Å². The van der Waals surface area contributed by atoms with Gasteiger partial charge in [-0.15, -0.1) is 0 Å². The predicted molar refractivity (Wildman–Crippen MR) is 75.3 cm³/mol. The van der Waals surface area contributed by atoms with E-state index < -0.39 is 47.2 Å². The van der Waals surface area contributed by atoms with Gasteiger partial charge in [0.15, 0.2) is 5.69 Å². The number of nitrogens with zero attached hydrogens (tertiary/aromatic N) is 2. The summed E-state index contributed by atoms with van der Waals surface area (Å²) in [4.78, 5) is 12.2. The highest BCUT2D eigenvalue weighted by Gasteiger charge is 2.86. The molecule has 3 aliphatic rings. The molecule has 3 fully saturated rings. The monoisotopic (exact) mass is 364 g/mol. The molecule has 1 unspecified atom stereocenters. The van der Waals surface area contributed by atoms with Crippen molar-refractivity contribution in [2.75, 3.05) is 6.61 Å². The van der Waals surface area contributed by atoms with Gasteiger partial charge in [0, 0.05) is 11.3 Å². The number of alkyl halides is 5. The highest BCUT2D eigenvalue weighted by Crippen LogP contribution is 2.80. The van der Waals surface area contributed by atoms with E-state index >= 15 is 0 Å². The van der Waals surface area contributed by atoms with Gasteiger partial charge in [-0.1, -0.05) is 0 Å². The van der Waals surface area contributed by atoms with Crippen LogP contribution in [0.4, 0.5) is 22.0 Å². The summed E-state index contributed by atoms with van der Waals surface area (Å²) in [5, 5.41) is 3.94. The van der Waals surface area contributed by atoms with Crippen LogP contribution in [-0.2, 0) is 17.5 Å². The fraction of sp³-hybridized carbons (Fsp3) is 0.750. The van der Waals surface area contributed by atoms with Gasteiger partial charge in [0.2, 0.25) is 0 Å². The van der Waals surface area contributed by atoms with Gasteiger partial charge in [-0.25, -0.2) is 13.6 Å². The van der Waals surface area contributed by atoms with E-state index in [-0.39, 0.29) is 18.2 Å². The smallest absolute Gasteiger partial charge is 0.420 e. The Morgan fingerprint density at radius 2 is 1.96 bits per heavy atom. The summed E-state index contributed by atoms with van der Waals surface area (Å²) in [7, 11) is 0. The maximum atomic E-state index is 13.9. The molecule has 1 heterocycles. The Labute approximate surface area is 140 Å². The van der Waals surface area contributed by atoms with Crippen LogP contribution in [0.2, 0.25) is 0 Å². The van der Waals surface area contributed by atoms with Gasteiger partial charge in [0.25, 0.3) is 5.92 Å². The minimum atomic E-state index is -4.79. The zero-order valence-electron chi connectivity index (χ0n) is 13.5. The Hall–Kier alpha value is -1.67. The number of carbonyl (C=O) groups excluding carboxylic acids is 1. The fourth-order valence-corrected chi connectivity index (χ4v) is 3.81. The molecule has 0 aromatic carbocycles. The quantitative estimate of drug-likeness (QED) is 0.586. The standard InChI is InChI=1S/C16H17F5N2O2/c1-2-25-13(24)12-10(16(19,20)21)11(8-3-4-8)22-23(12)7-9-14(5-6-14)15(9,17)18/h8-9H,2-7H2,1H3. The molecule has 1 spiro atoms. The number of halogens is 5. The van der Waals surface area contributed by atoms with Crippen LogP contribution in [0.3, 0.4) is 0 Å². The third-order valence-corrected chi connectivity index (χ3v) is 5.53. The second-order valence-electron chi connectivity index (χ2n) is 7.12. The highest BCUT2D eigenvalue weighted by molar-refractivity contribution is 5.90. The van der Waals surface area contributed by atoms with Crippen molar-refractivity contribution >= 4 is 5.97 Å². The molecule has 138 valence electrons. The number of hydrogen-bond donors (Lipinski definition) is 0. The van der Waals surface area contributed by atoms with E-state index in [0.717, 1.165) is 4.68 Å². The van der Waals surface area contributed by atoms with Crippen molar-refractivity contribution in [2.45, 2.75) is 57.2 Å². The molecule has 0 bridgehead atoms. The average molecular weight is 364 g/mol. The van der Waals surface area contributed by atoms with Crippen molar-refractivity contribution in [3.8, 4) is 0 Å². The normalized spacial score (nSPS) is 25.9. The van der Waals surface area contributed by atoms with Crippen molar-refractivity contribution in [3.05, 3.63) is 17.0 Å². The van der Waals surface area contributed by atoms with E-state index in [1.807, 2.05) is 0 Å². The van der Waals surface area contributed by atoms with E-state index in [9.17, 15) is 26.7 Å². The van der Waals surface area contributed by atoms with Crippen LogP contribution >= 0.6 is 0 Å². The van der Waals surface area contributed by atoms with E-state index in [1.165, 1.54) is 6.92 Å². The number of aromatic nitrogens is 2. The lowest BCUT2D eigenvalue weighted by atomic mass is 10.1. The molecule has 3 aliphatic carbocycles. The molecule has 4 rings (SSSR count). The molecule has 1 aromatic rings. The molecular weight excluding hydrogens is 347 g/mol. The van der Waals surface area contributed by atoms with Crippen LogP contribution in [-0.4, -0.2) is 28.3 Å². The first kappa shape index (κ1) is 16.8. The molecule has 3 saturated carbocycles. The Bertz CT molecular complexity index is 728. The second-order valence-corrected chi connectivity index (χ2v) is 7.12. The first-order valence-corrected chi connectivity index (χ1v) is 8.36. The SMILES string of the molecule is CCOC(=O)c1c(C(F)(F)F)c(C2CC2)nn1CC1C(F)(F)C12CC2. The molecule has 9 heteroatoms. The van der Waals surface area contributed by atoms with Gasteiger partial charge in [0.05, 0.1) is 24.8 Å². The molecule has 0 saturated heterocycles. The molecule has 0 radical (unpaired) electrons. The van der Waals surface area contributed by atoms with Crippen LogP contribution in [0.1, 0.15) is 60.3 Å². The van der Waals surface area contributed by atoms with Gasteiger partial charge in [-0.05, 0) is 32.6 Å². The Balaban J connectivity index is 1.76. The zero-order chi connectivity index (χ0) is 18.2. The molecule has 0 aliphatic heterocycles. The minimum Gasteiger partial charge on any atom is -0.461 e. The molecule has 0 amide bonds. The average Bonchev–Trinajstić information content (AvgIpc) is 3.41. The van der Waals surface area contributed by atoms with Crippen LogP contribution in [0.25, 0.3) is 0 Å². The molecule has 1 aromatic heterocycles. The predicted octanol–water partition coefficient (Wildman–Crippen LogP) is 4.00. The van der Waals surface area contributed by atoms with E-state index in [1.54, 1.807) is 0 Å². The maximum Gasteiger partial charge on any atom is 0.420 e. The lowest BCUT2D eigenvalue weighted by Gasteiger charge is -2.11. The molecule has 0 N–H and O–H groups in total. The highest BCUT2D eigenvalue weighted by atomic mass is 19.4. The minimum absolute atomic E-state index is 0.108.